The Morgan fingerprint density at radius 2 is 1.76 bits per heavy atom. The topological polar surface area (TPSA) is 85.5 Å². The van der Waals surface area contributed by atoms with E-state index in [0.717, 1.165) is 47.8 Å². The second kappa shape index (κ2) is 7.72. The van der Waals surface area contributed by atoms with Crippen LogP contribution in [0.5, 0.6) is 0 Å². The van der Waals surface area contributed by atoms with Crippen LogP contribution in [0.15, 0.2) is 48.5 Å². The fraction of sp³-hybridized carbons (Fsp3) is 0.370. The quantitative estimate of drug-likeness (QED) is 0.570. The van der Waals surface area contributed by atoms with Crippen molar-refractivity contribution in [3.05, 3.63) is 65.4 Å². The number of anilines is 1. The van der Waals surface area contributed by atoms with E-state index in [2.05, 4.69) is 10.3 Å². The minimum absolute atomic E-state index is 0.136. The van der Waals surface area contributed by atoms with Crippen molar-refractivity contribution in [1.82, 2.24) is 15.2 Å². The molecular weight excluding hydrogens is 428 g/mol. The first-order valence-corrected chi connectivity index (χ1v) is 12.2. The Bertz CT molecular complexity index is 1320. The molecule has 1 aromatic heterocycles. The number of benzene rings is 2. The normalized spacial score (nSPS) is 22.7. The Kier molecular flexibility index (Phi) is 4.76. The van der Waals surface area contributed by atoms with Crippen molar-refractivity contribution in [3.63, 3.8) is 0 Å². The molecule has 34 heavy (non-hydrogen) atoms. The monoisotopic (exact) mass is 456 g/mol. The van der Waals surface area contributed by atoms with Gasteiger partial charge in [0.05, 0.1) is 16.9 Å². The third-order valence-corrected chi connectivity index (χ3v) is 7.80. The fourth-order valence-corrected chi connectivity index (χ4v) is 5.98. The van der Waals surface area contributed by atoms with Gasteiger partial charge >= 0.3 is 6.03 Å². The van der Waals surface area contributed by atoms with Crippen LogP contribution in [0.25, 0.3) is 10.9 Å². The number of amides is 4. The molecule has 2 aliphatic heterocycles. The second-order valence-corrected chi connectivity index (χ2v) is 9.75. The molecule has 6 rings (SSSR count). The van der Waals surface area contributed by atoms with Gasteiger partial charge in [-0.25, -0.2) is 9.69 Å². The van der Waals surface area contributed by atoms with Gasteiger partial charge in [0.25, 0.3) is 11.8 Å². The van der Waals surface area contributed by atoms with Crippen LogP contribution < -0.4 is 10.2 Å². The molecule has 0 bridgehead atoms. The summed E-state index contributed by atoms with van der Waals surface area (Å²) in [5, 5.41) is 4.21. The molecule has 2 fully saturated rings. The Morgan fingerprint density at radius 1 is 1.03 bits per heavy atom. The first-order valence-electron chi connectivity index (χ1n) is 12.2. The van der Waals surface area contributed by atoms with E-state index in [1.807, 2.05) is 31.2 Å². The van der Waals surface area contributed by atoms with E-state index >= 15 is 0 Å². The minimum Gasteiger partial charge on any atom is -0.356 e. The maximum Gasteiger partial charge on any atom is 0.332 e. The second-order valence-electron chi connectivity index (χ2n) is 9.75. The number of aromatic amines is 1. The average molecular weight is 457 g/mol. The largest absolute Gasteiger partial charge is 0.356 e. The van der Waals surface area contributed by atoms with Crippen LogP contribution in [-0.4, -0.2) is 40.3 Å². The van der Waals surface area contributed by atoms with Gasteiger partial charge < -0.3 is 15.2 Å². The maximum atomic E-state index is 14.0. The lowest BCUT2D eigenvalue weighted by Crippen LogP contribution is -2.49. The highest BCUT2D eigenvalue weighted by Gasteiger charge is 2.59. The van der Waals surface area contributed by atoms with E-state index in [9.17, 15) is 14.4 Å². The van der Waals surface area contributed by atoms with Crippen LogP contribution in [0.1, 0.15) is 60.6 Å². The summed E-state index contributed by atoms with van der Waals surface area (Å²) in [6.07, 6.45) is 6.01. The Balaban J connectivity index is 1.39. The summed E-state index contributed by atoms with van der Waals surface area (Å²) >= 11 is 0. The lowest BCUT2D eigenvalue weighted by Gasteiger charge is -2.35. The predicted octanol–water partition coefficient (Wildman–Crippen LogP) is 4.47. The molecule has 4 amide bonds. The van der Waals surface area contributed by atoms with Crippen molar-refractivity contribution in [3.8, 4) is 0 Å². The third kappa shape index (κ3) is 2.92. The number of aromatic nitrogens is 1. The van der Waals surface area contributed by atoms with Crippen molar-refractivity contribution < 1.29 is 14.4 Å². The molecule has 1 saturated heterocycles. The first-order chi connectivity index (χ1) is 16.5. The number of hydrogen-bond donors (Lipinski definition) is 2. The molecule has 7 heteroatoms. The summed E-state index contributed by atoms with van der Waals surface area (Å²) in [4.78, 5) is 47.1. The lowest BCUT2D eigenvalue weighted by atomic mass is 9.87. The van der Waals surface area contributed by atoms with Gasteiger partial charge in [-0.05, 0) is 49.9 Å². The zero-order valence-electron chi connectivity index (χ0n) is 19.3. The third-order valence-electron chi connectivity index (χ3n) is 7.80. The molecule has 3 aromatic rings. The van der Waals surface area contributed by atoms with Crippen LogP contribution in [0.3, 0.4) is 0 Å². The van der Waals surface area contributed by atoms with Crippen molar-refractivity contribution in [1.29, 1.82) is 0 Å². The highest BCUT2D eigenvalue weighted by molar-refractivity contribution is 6.25. The highest BCUT2D eigenvalue weighted by atomic mass is 16.2. The molecule has 7 nitrogen and oxygen atoms in total. The van der Waals surface area contributed by atoms with Crippen molar-refractivity contribution in [2.75, 3.05) is 11.4 Å². The summed E-state index contributed by atoms with van der Waals surface area (Å²) in [6, 6.07) is 14.7. The van der Waals surface area contributed by atoms with Gasteiger partial charge in [0, 0.05) is 23.5 Å². The van der Waals surface area contributed by atoms with Crippen molar-refractivity contribution in [2.45, 2.75) is 57.0 Å². The average Bonchev–Trinajstić information content (AvgIpc) is 3.33. The smallest absolute Gasteiger partial charge is 0.332 e. The van der Waals surface area contributed by atoms with E-state index in [1.165, 1.54) is 11.3 Å². The van der Waals surface area contributed by atoms with Crippen molar-refractivity contribution in [2.24, 2.45) is 0 Å². The Hall–Kier alpha value is -3.61. The number of nitrogens with zero attached hydrogens (tertiary/aromatic N) is 2. The fourth-order valence-electron chi connectivity index (χ4n) is 5.98. The van der Waals surface area contributed by atoms with Gasteiger partial charge in [0.1, 0.15) is 0 Å². The number of fused-ring (bicyclic) bond motifs is 5. The number of carbonyl (C=O) groups is 3. The minimum atomic E-state index is -1.14. The predicted molar refractivity (Wildman–Crippen MR) is 130 cm³/mol. The zero-order valence-corrected chi connectivity index (χ0v) is 19.3. The van der Waals surface area contributed by atoms with Gasteiger partial charge in [0.15, 0.2) is 5.54 Å². The standard InChI is InChI=1S/C27H28N4O3/c1-27-23-19(18-11-5-7-13-21(18)29-23)15-16-30(27)26(34)31(25(27)33)22-14-8-6-12-20(22)24(32)28-17-9-3-2-4-10-17/h5-8,11-14,17,29H,2-4,9-10,15-16H2,1H3,(H,28,32). The molecule has 0 spiro atoms. The number of imide groups is 1. The summed E-state index contributed by atoms with van der Waals surface area (Å²) in [5.41, 5.74) is 2.37. The molecule has 1 aliphatic carbocycles. The van der Waals surface area contributed by atoms with Crippen LogP contribution in [0.2, 0.25) is 0 Å². The molecule has 174 valence electrons. The van der Waals surface area contributed by atoms with E-state index in [1.54, 1.807) is 29.2 Å². The molecule has 3 heterocycles. The SMILES string of the molecule is CC12C(=O)N(c3ccccc3C(=O)NC3CCCCC3)C(=O)N1CCc1c2[nH]c2ccccc12. The first kappa shape index (κ1) is 21.0. The summed E-state index contributed by atoms with van der Waals surface area (Å²) in [7, 11) is 0. The van der Waals surface area contributed by atoms with E-state index < -0.39 is 5.54 Å². The maximum absolute atomic E-state index is 14.0. The summed E-state index contributed by atoms with van der Waals surface area (Å²) in [6.45, 7) is 2.26. The number of H-pyrrole nitrogens is 1. The molecule has 1 unspecified atom stereocenters. The molecular formula is C27H28N4O3. The summed E-state index contributed by atoms with van der Waals surface area (Å²) in [5.74, 6) is -0.563. The number of hydrogen-bond acceptors (Lipinski definition) is 3. The molecule has 2 N–H and O–H groups in total. The van der Waals surface area contributed by atoms with Crippen LogP contribution in [0.4, 0.5) is 10.5 Å². The van der Waals surface area contributed by atoms with Gasteiger partial charge in [-0.1, -0.05) is 49.6 Å². The van der Waals surface area contributed by atoms with Crippen LogP contribution in [0, 0.1) is 0 Å². The molecule has 2 aromatic carbocycles. The van der Waals surface area contributed by atoms with E-state index in [4.69, 9.17) is 0 Å². The summed E-state index contributed by atoms with van der Waals surface area (Å²) < 4.78 is 0. The van der Waals surface area contributed by atoms with Gasteiger partial charge in [-0.3, -0.25) is 9.59 Å². The van der Waals surface area contributed by atoms with Gasteiger partial charge in [-0.15, -0.1) is 0 Å². The molecule has 0 radical (unpaired) electrons. The number of rotatable bonds is 3. The Labute approximate surface area is 198 Å². The van der Waals surface area contributed by atoms with Gasteiger partial charge in [-0.2, -0.15) is 0 Å². The van der Waals surface area contributed by atoms with Crippen LogP contribution >= 0.6 is 0 Å². The molecule has 3 aliphatic rings. The number of para-hydroxylation sites is 2. The highest BCUT2D eigenvalue weighted by Crippen LogP contribution is 2.45. The van der Waals surface area contributed by atoms with Gasteiger partial charge in [0.2, 0.25) is 0 Å². The number of urea groups is 1. The number of carbonyl (C=O) groups excluding carboxylic acids is 3. The van der Waals surface area contributed by atoms with Crippen LogP contribution in [-0.2, 0) is 16.8 Å². The zero-order chi connectivity index (χ0) is 23.4. The number of nitrogens with one attached hydrogen (secondary N) is 2. The van der Waals surface area contributed by atoms with E-state index in [0.29, 0.717) is 24.2 Å². The molecule has 1 atom stereocenters. The Morgan fingerprint density at radius 3 is 2.59 bits per heavy atom. The van der Waals surface area contributed by atoms with Crippen molar-refractivity contribution >= 4 is 34.4 Å². The lowest BCUT2D eigenvalue weighted by molar-refractivity contribution is -0.125. The van der Waals surface area contributed by atoms with E-state index in [-0.39, 0.29) is 23.9 Å². The molecule has 1 saturated carbocycles.